The topological polar surface area (TPSA) is 81.4 Å². The zero-order valence-electron chi connectivity index (χ0n) is 12.6. The van der Waals surface area contributed by atoms with E-state index in [2.05, 4.69) is 27.5 Å². The first-order valence-electron chi connectivity index (χ1n) is 6.78. The molecule has 0 spiro atoms. The molecule has 7 nitrogen and oxygen atoms in total. The normalized spacial score (nSPS) is 12.3. The monoisotopic (exact) mass is 281 g/mol. The number of amides is 1. The van der Waals surface area contributed by atoms with Crippen LogP contribution in [-0.2, 0) is 11.4 Å². The van der Waals surface area contributed by atoms with Gasteiger partial charge < -0.3 is 5.32 Å². The standard InChI is InChI=1S/C13H23N5O2/c1-5-6-7-15-12(19)20-17-11(13(2,3)4)8-18-10-14-9-16-18/h9-10H,5-8H2,1-4H3,(H,15,19)/b17-11+. The van der Waals surface area contributed by atoms with Gasteiger partial charge >= 0.3 is 6.09 Å². The molecule has 0 bridgehead atoms. The molecular weight excluding hydrogens is 258 g/mol. The minimum Gasteiger partial charge on any atom is -0.320 e. The van der Waals surface area contributed by atoms with Crippen molar-refractivity contribution in [3.63, 3.8) is 0 Å². The summed E-state index contributed by atoms with van der Waals surface area (Å²) in [4.78, 5) is 20.3. The van der Waals surface area contributed by atoms with Crippen LogP contribution in [0, 0.1) is 5.41 Å². The van der Waals surface area contributed by atoms with Gasteiger partial charge in [-0.15, -0.1) is 0 Å². The number of carbonyl (C=O) groups is 1. The molecule has 0 aliphatic rings. The fraction of sp³-hybridized carbons (Fsp3) is 0.692. The Hall–Kier alpha value is -1.92. The van der Waals surface area contributed by atoms with Gasteiger partial charge in [0, 0.05) is 12.0 Å². The molecule has 0 atom stereocenters. The van der Waals surface area contributed by atoms with Gasteiger partial charge in [-0.05, 0) is 6.42 Å². The molecule has 1 heterocycles. The second kappa shape index (κ2) is 7.62. The highest BCUT2D eigenvalue weighted by atomic mass is 16.7. The van der Waals surface area contributed by atoms with Gasteiger partial charge in [0.1, 0.15) is 12.7 Å². The molecule has 0 aliphatic carbocycles. The summed E-state index contributed by atoms with van der Waals surface area (Å²) in [6.07, 6.45) is 4.47. The van der Waals surface area contributed by atoms with Crippen LogP contribution < -0.4 is 5.32 Å². The summed E-state index contributed by atoms with van der Waals surface area (Å²) in [5, 5.41) is 10.6. The molecule has 0 aromatic carbocycles. The fourth-order valence-electron chi connectivity index (χ4n) is 1.37. The summed E-state index contributed by atoms with van der Waals surface area (Å²) in [6, 6.07) is 0. The second-order valence-corrected chi connectivity index (χ2v) is 5.54. The third kappa shape index (κ3) is 5.81. The van der Waals surface area contributed by atoms with E-state index in [1.807, 2.05) is 20.8 Å². The molecule has 0 fully saturated rings. The fourth-order valence-corrected chi connectivity index (χ4v) is 1.37. The number of carbonyl (C=O) groups excluding carboxylic acids is 1. The maximum Gasteiger partial charge on any atom is 0.433 e. The van der Waals surface area contributed by atoms with Crippen LogP contribution in [-0.4, -0.2) is 33.1 Å². The molecule has 1 N–H and O–H groups in total. The highest BCUT2D eigenvalue weighted by molar-refractivity contribution is 5.89. The number of aromatic nitrogens is 3. The zero-order valence-corrected chi connectivity index (χ0v) is 12.6. The third-order valence-corrected chi connectivity index (χ3v) is 2.68. The smallest absolute Gasteiger partial charge is 0.320 e. The Morgan fingerprint density at radius 2 is 2.20 bits per heavy atom. The van der Waals surface area contributed by atoms with Gasteiger partial charge in [-0.2, -0.15) is 5.10 Å². The van der Waals surface area contributed by atoms with E-state index in [9.17, 15) is 4.79 Å². The Morgan fingerprint density at radius 1 is 1.45 bits per heavy atom. The van der Waals surface area contributed by atoms with E-state index in [4.69, 9.17) is 4.84 Å². The lowest BCUT2D eigenvalue weighted by atomic mass is 9.90. The predicted octanol–water partition coefficient (Wildman–Crippen LogP) is 2.21. The number of rotatable bonds is 6. The Morgan fingerprint density at radius 3 is 2.75 bits per heavy atom. The van der Waals surface area contributed by atoms with Crippen LogP contribution in [0.1, 0.15) is 40.5 Å². The van der Waals surface area contributed by atoms with Crippen molar-refractivity contribution in [2.75, 3.05) is 6.54 Å². The number of nitrogens with zero attached hydrogens (tertiary/aromatic N) is 4. The lowest BCUT2D eigenvalue weighted by molar-refractivity contribution is 0.148. The molecule has 0 aliphatic heterocycles. The molecule has 1 aromatic heterocycles. The van der Waals surface area contributed by atoms with Crippen molar-refractivity contribution < 1.29 is 9.63 Å². The van der Waals surface area contributed by atoms with Crippen LogP contribution >= 0.6 is 0 Å². The molecule has 0 saturated carbocycles. The van der Waals surface area contributed by atoms with E-state index in [0.29, 0.717) is 18.8 Å². The molecule has 0 radical (unpaired) electrons. The van der Waals surface area contributed by atoms with Crippen molar-refractivity contribution in [1.29, 1.82) is 0 Å². The van der Waals surface area contributed by atoms with E-state index in [1.54, 1.807) is 11.0 Å². The van der Waals surface area contributed by atoms with Crippen LogP contribution in [0.4, 0.5) is 4.79 Å². The Labute approximate surface area is 119 Å². The van der Waals surface area contributed by atoms with E-state index in [1.165, 1.54) is 6.33 Å². The number of hydrogen-bond donors (Lipinski definition) is 1. The van der Waals surface area contributed by atoms with Crippen molar-refractivity contribution in [2.45, 2.75) is 47.1 Å². The first-order chi connectivity index (χ1) is 9.43. The van der Waals surface area contributed by atoms with Crippen molar-refractivity contribution in [3.8, 4) is 0 Å². The summed E-state index contributed by atoms with van der Waals surface area (Å²) in [6.45, 7) is 9.09. The maximum atomic E-state index is 11.5. The number of oxime groups is 1. The maximum absolute atomic E-state index is 11.5. The lowest BCUT2D eigenvalue weighted by Crippen LogP contribution is -2.28. The van der Waals surface area contributed by atoms with Crippen LogP contribution in [0.25, 0.3) is 0 Å². The van der Waals surface area contributed by atoms with E-state index in [0.717, 1.165) is 12.8 Å². The Kier molecular flexibility index (Phi) is 6.14. The molecule has 1 rings (SSSR count). The Bertz CT molecular complexity index is 434. The lowest BCUT2D eigenvalue weighted by Gasteiger charge is -2.20. The van der Waals surface area contributed by atoms with E-state index < -0.39 is 6.09 Å². The first kappa shape index (κ1) is 16.1. The van der Waals surface area contributed by atoms with Gasteiger partial charge in [-0.3, -0.25) is 4.84 Å². The van der Waals surface area contributed by atoms with Crippen LogP contribution in [0.5, 0.6) is 0 Å². The number of hydrogen-bond acceptors (Lipinski definition) is 5. The molecule has 0 unspecified atom stereocenters. The van der Waals surface area contributed by atoms with Gasteiger partial charge in [0.25, 0.3) is 0 Å². The molecule has 112 valence electrons. The van der Waals surface area contributed by atoms with Crippen LogP contribution in [0.15, 0.2) is 17.8 Å². The van der Waals surface area contributed by atoms with Crippen molar-refractivity contribution >= 4 is 11.8 Å². The first-order valence-corrected chi connectivity index (χ1v) is 6.78. The zero-order chi connectivity index (χ0) is 15.0. The molecule has 7 heteroatoms. The number of unbranched alkanes of at least 4 members (excludes halogenated alkanes) is 1. The molecule has 0 saturated heterocycles. The summed E-state index contributed by atoms with van der Waals surface area (Å²) in [5.41, 5.74) is 0.490. The quantitative estimate of drug-likeness (QED) is 0.375. The average molecular weight is 281 g/mol. The largest absolute Gasteiger partial charge is 0.433 e. The van der Waals surface area contributed by atoms with Gasteiger partial charge in [0.15, 0.2) is 0 Å². The molecule has 1 aromatic rings. The summed E-state index contributed by atoms with van der Waals surface area (Å²) in [7, 11) is 0. The average Bonchev–Trinajstić information content (AvgIpc) is 2.86. The van der Waals surface area contributed by atoms with Crippen LogP contribution in [0.3, 0.4) is 0 Å². The highest BCUT2D eigenvalue weighted by Gasteiger charge is 2.21. The van der Waals surface area contributed by atoms with Crippen LogP contribution in [0.2, 0.25) is 0 Å². The van der Waals surface area contributed by atoms with Gasteiger partial charge in [-0.1, -0.05) is 39.3 Å². The Balaban J connectivity index is 2.59. The molecular formula is C13H23N5O2. The highest BCUT2D eigenvalue weighted by Crippen LogP contribution is 2.17. The second-order valence-electron chi connectivity index (χ2n) is 5.54. The third-order valence-electron chi connectivity index (χ3n) is 2.68. The molecule has 20 heavy (non-hydrogen) atoms. The van der Waals surface area contributed by atoms with Gasteiger partial charge in [0.2, 0.25) is 0 Å². The predicted molar refractivity (Wildman–Crippen MR) is 76.3 cm³/mol. The van der Waals surface area contributed by atoms with Crippen molar-refractivity contribution in [2.24, 2.45) is 10.6 Å². The summed E-state index contributed by atoms with van der Waals surface area (Å²) in [5.74, 6) is 0. The van der Waals surface area contributed by atoms with Crippen molar-refractivity contribution in [3.05, 3.63) is 12.7 Å². The van der Waals surface area contributed by atoms with Gasteiger partial charge in [-0.25, -0.2) is 14.5 Å². The minimum absolute atomic E-state index is 0.227. The minimum atomic E-state index is -0.529. The van der Waals surface area contributed by atoms with Crippen molar-refractivity contribution in [1.82, 2.24) is 20.1 Å². The van der Waals surface area contributed by atoms with E-state index >= 15 is 0 Å². The van der Waals surface area contributed by atoms with E-state index in [-0.39, 0.29) is 5.41 Å². The summed E-state index contributed by atoms with van der Waals surface area (Å²) < 4.78 is 1.64. The molecule has 1 amide bonds. The number of nitrogens with one attached hydrogen (secondary N) is 1. The summed E-state index contributed by atoms with van der Waals surface area (Å²) >= 11 is 0. The van der Waals surface area contributed by atoms with Gasteiger partial charge in [0.05, 0.1) is 12.3 Å². The SMILES string of the molecule is CCCCNC(=O)O/N=C(\Cn1cncn1)C(C)(C)C.